The van der Waals surface area contributed by atoms with Gasteiger partial charge in [0.1, 0.15) is 0 Å². The van der Waals surface area contributed by atoms with Crippen molar-refractivity contribution in [2.75, 3.05) is 6.54 Å². The third-order valence-corrected chi connectivity index (χ3v) is 2.63. The van der Waals surface area contributed by atoms with Crippen LogP contribution in [0.3, 0.4) is 0 Å². The lowest BCUT2D eigenvalue weighted by molar-refractivity contribution is -0.149. The molecule has 0 saturated carbocycles. The molecule has 0 radical (unpaired) electrons. The molecule has 1 aliphatic heterocycles. The summed E-state index contributed by atoms with van der Waals surface area (Å²) < 4.78 is 0. The van der Waals surface area contributed by atoms with Crippen LogP contribution in [0.4, 0.5) is 0 Å². The highest BCUT2D eigenvalue weighted by atomic mass is 16.4. The van der Waals surface area contributed by atoms with Crippen molar-refractivity contribution in [2.45, 2.75) is 25.7 Å². The Labute approximate surface area is 97.0 Å². The lowest BCUT2D eigenvalue weighted by Crippen LogP contribution is -2.32. The predicted molar refractivity (Wildman–Crippen MR) is 53.9 cm³/mol. The quantitative estimate of drug-likeness (QED) is 0.619. The highest BCUT2D eigenvalue weighted by molar-refractivity contribution is 6.01. The molecule has 1 rings (SSSR count). The van der Waals surface area contributed by atoms with Crippen LogP contribution in [0.15, 0.2) is 0 Å². The Morgan fingerprint density at radius 1 is 1.18 bits per heavy atom. The number of carbonyl (C=O) groups excluding carboxylic acids is 2. The molecule has 0 spiro atoms. The molecule has 0 bridgehead atoms. The van der Waals surface area contributed by atoms with Crippen molar-refractivity contribution in [2.24, 2.45) is 5.92 Å². The summed E-state index contributed by atoms with van der Waals surface area (Å²) in [4.78, 5) is 44.6. The van der Waals surface area contributed by atoms with Crippen molar-refractivity contribution in [3.05, 3.63) is 0 Å². The number of amides is 2. The first-order valence-electron chi connectivity index (χ1n) is 5.19. The Kier molecular flexibility index (Phi) is 4.19. The van der Waals surface area contributed by atoms with Crippen LogP contribution in [0.2, 0.25) is 0 Å². The zero-order valence-electron chi connectivity index (χ0n) is 9.09. The molecule has 0 aromatic heterocycles. The van der Waals surface area contributed by atoms with Crippen LogP contribution in [0, 0.1) is 5.92 Å². The van der Waals surface area contributed by atoms with Gasteiger partial charge in [-0.3, -0.25) is 24.1 Å². The molecule has 17 heavy (non-hydrogen) atoms. The van der Waals surface area contributed by atoms with Gasteiger partial charge in [-0.15, -0.1) is 0 Å². The first-order valence-corrected chi connectivity index (χ1v) is 5.19. The summed E-state index contributed by atoms with van der Waals surface area (Å²) in [5.41, 5.74) is 0. The number of aliphatic carboxylic acids is 2. The van der Waals surface area contributed by atoms with E-state index in [0.29, 0.717) is 0 Å². The van der Waals surface area contributed by atoms with E-state index in [4.69, 9.17) is 10.2 Å². The van der Waals surface area contributed by atoms with Crippen molar-refractivity contribution in [1.29, 1.82) is 0 Å². The second kappa shape index (κ2) is 5.42. The van der Waals surface area contributed by atoms with Crippen molar-refractivity contribution in [3.8, 4) is 0 Å². The van der Waals surface area contributed by atoms with E-state index < -0.39 is 24.3 Å². The Bertz CT molecular complexity index is 348. The largest absolute Gasteiger partial charge is 0.481 e. The zero-order valence-corrected chi connectivity index (χ0v) is 9.09. The molecule has 1 saturated heterocycles. The minimum atomic E-state index is -1.23. The fourth-order valence-corrected chi connectivity index (χ4v) is 1.68. The molecule has 94 valence electrons. The van der Waals surface area contributed by atoms with E-state index in [-0.39, 0.29) is 37.6 Å². The van der Waals surface area contributed by atoms with E-state index in [1.807, 2.05) is 0 Å². The summed E-state index contributed by atoms with van der Waals surface area (Å²) in [6.45, 7) is -0.0259. The van der Waals surface area contributed by atoms with Crippen LogP contribution >= 0.6 is 0 Å². The number of rotatable bonds is 6. The van der Waals surface area contributed by atoms with E-state index >= 15 is 0 Å². The molecular formula is C10H13NO6. The average molecular weight is 243 g/mol. The number of hydrogen-bond donors (Lipinski definition) is 2. The van der Waals surface area contributed by atoms with Gasteiger partial charge in [0.15, 0.2) is 0 Å². The SMILES string of the molecule is O=C(O)CC(CCN1C(=O)CCC1=O)C(=O)O. The fraction of sp³-hybridized carbons (Fsp3) is 0.600. The van der Waals surface area contributed by atoms with E-state index in [2.05, 4.69) is 0 Å². The highest BCUT2D eigenvalue weighted by Crippen LogP contribution is 2.16. The van der Waals surface area contributed by atoms with Crippen molar-refractivity contribution in [1.82, 2.24) is 4.90 Å². The Morgan fingerprint density at radius 3 is 2.12 bits per heavy atom. The Balaban J connectivity index is 2.51. The van der Waals surface area contributed by atoms with E-state index in [1.165, 1.54) is 0 Å². The molecular weight excluding hydrogens is 230 g/mol. The molecule has 1 aliphatic rings. The smallest absolute Gasteiger partial charge is 0.307 e. The van der Waals surface area contributed by atoms with Crippen molar-refractivity contribution < 1.29 is 29.4 Å². The van der Waals surface area contributed by atoms with Crippen LogP contribution in [-0.4, -0.2) is 45.4 Å². The molecule has 1 atom stereocenters. The maximum Gasteiger partial charge on any atom is 0.307 e. The van der Waals surface area contributed by atoms with Crippen LogP contribution in [0.1, 0.15) is 25.7 Å². The molecule has 1 fully saturated rings. The third-order valence-electron chi connectivity index (χ3n) is 2.63. The molecule has 0 aromatic carbocycles. The summed E-state index contributed by atoms with van der Waals surface area (Å²) in [5, 5.41) is 17.3. The molecule has 2 amide bonds. The van der Waals surface area contributed by atoms with E-state index in [1.54, 1.807) is 0 Å². The van der Waals surface area contributed by atoms with Crippen molar-refractivity contribution in [3.63, 3.8) is 0 Å². The van der Waals surface area contributed by atoms with Crippen LogP contribution in [-0.2, 0) is 19.2 Å². The van der Waals surface area contributed by atoms with Gasteiger partial charge < -0.3 is 10.2 Å². The molecule has 7 nitrogen and oxygen atoms in total. The monoisotopic (exact) mass is 243 g/mol. The summed E-state index contributed by atoms with van der Waals surface area (Å²) in [7, 11) is 0. The van der Waals surface area contributed by atoms with Gasteiger partial charge in [0, 0.05) is 19.4 Å². The Morgan fingerprint density at radius 2 is 1.71 bits per heavy atom. The highest BCUT2D eigenvalue weighted by Gasteiger charge is 2.30. The van der Waals surface area contributed by atoms with Gasteiger partial charge in [0.05, 0.1) is 12.3 Å². The summed E-state index contributed by atoms with van der Waals surface area (Å²) in [6, 6.07) is 0. The number of imide groups is 1. The van der Waals surface area contributed by atoms with E-state index in [9.17, 15) is 19.2 Å². The second-order valence-corrected chi connectivity index (χ2v) is 3.86. The van der Waals surface area contributed by atoms with Crippen molar-refractivity contribution >= 4 is 23.8 Å². The number of likely N-dealkylation sites (tertiary alicyclic amines) is 1. The predicted octanol–water partition coefficient (Wildman–Crippen LogP) is -0.299. The van der Waals surface area contributed by atoms with Gasteiger partial charge in [-0.1, -0.05) is 0 Å². The number of carboxylic acid groups (broad SMARTS) is 2. The third kappa shape index (κ3) is 3.54. The summed E-state index contributed by atoms with van der Waals surface area (Å²) in [5.74, 6) is -4.17. The number of hydrogen-bond acceptors (Lipinski definition) is 4. The number of nitrogens with zero attached hydrogens (tertiary/aromatic N) is 1. The van der Waals surface area contributed by atoms with Gasteiger partial charge in [0.2, 0.25) is 11.8 Å². The normalized spacial score (nSPS) is 17.3. The maximum atomic E-state index is 11.2. The summed E-state index contributed by atoms with van der Waals surface area (Å²) in [6.07, 6.45) is -0.240. The lowest BCUT2D eigenvalue weighted by atomic mass is 10.0. The topological polar surface area (TPSA) is 112 Å². The molecule has 7 heteroatoms. The number of carbonyl (C=O) groups is 4. The van der Waals surface area contributed by atoms with Crippen LogP contribution < -0.4 is 0 Å². The minimum absolute atomic E-state index is 0.0259. The van der Waals surface area contributed by atoms with Gasteiger partial charge in [0.25, 0.3) is 0 Å². The molecule has 1 heterocycles. The fourth-order valence-electron chi connectivity index (χ4n) is 1.68. The first-order chi connectivity index (χ1) is 7.91. The minimum Gasteiger partial charge on any atom is -0.481 e. The molecule has 1 unspecified atom stereocenters. The first kappa shape index (κ1) is 13.1. The average Bonchev–Trinajstić information content (AvgIpc) is 2.53. The standard InChI is InChI=1S/C10H13NO6/c12-7-1-2-8(13)11(7)4-3-6(10(16)17)5-9(14)15/h6H,1-5H2,(H,14,15)(H,16,17). The van der Waals surface area contributed by atoms with E-state index in [0.717, 1.165) is 4.90 Å². The van der Waals surface area contributed by atoms with Gasteiger partial charge in [-0.2, -0.15) is 0 Å². The lowest BCUT2D eigenvalue weighted by Gasteiger charge is -2.16. The van der Waals surface area contributed by atoms with Gasteiger partial charge >= 0.3 is 11.9 Å². The van der Waals surface area contributed by atoms with Crippen LogP contribution in [0.5, 0.6) is 0 Å². The molecule has 0 aliphatic carbocycles. The van der Waals surface area contributed by atoms with Gasteiger partial charge in [-0.25, -0.2) is 0 Å². The van der Waals surface area contributed by atoms with Gasteiger partial charge in [-0.05, 0) is 6.42 Å². The maximum absolute atomic E-state index is 11.2. The zero-order chi connectivity index (χ0) is 13.0. The summed E-state index contributed by atoms with van der Waals surface area (Å²) >= 11 is 0. The molecule has 2 N–H and O–H groups in total. The second-order valence-electron chi connectivity index (χ2n) is 3.86. The molecule has 0 aromatic rings. The Hall–Kier alpha value is -1.92. The number of carboxylic acids is 2. The van der Waals surface area contributed by atoms with Crippen LogP contribution in [0.25, 0.3) is 0 Å².